The SMILES string of the molecule is CCCN(CC(=O)N(CCc1c[nH]c2ccccc12)Cc1ccc(F)cc1)C(=O)Nc1cccc(F)c1. The zero-order valence-corrected chi connectivity index (χ0v) is 20.7. The fraction of sp³-hybridized carbons (Fsp3) is 0.241. The van der Waals surface area contributed by atoms with E-state index in [9.17, 15) is 18.4 Å². The molecule has 3 aromatic carbocycles. The van der Waals surface area contributed by atoms with Gasteiger partial charge in [-0.25, -0.2) is 13.6 Å². The monoisotopic (exact) mass is 504 g/mol. The summed E-state index contributed by atoms with van der Waals surface area (Å²) in [6.45, 7) is 2.85. The summed E-state index contributed by atoms with van der Waals surface area (Å²) in [4.78, 5) is 32.8. The van der Waals surface area contributed by atoms with E-state index in [2.05, 4.69) is 10.3 Å². The summed E-state index contributed by atoms with van der Waals surface area (Å²) < 4.78 is 27.0. The van der Waals surface area contributed by atoms with Crippen molar-refractivity contribution >= 4 is 28.5 Å². The molecule has 0 spiro atoms. The number of hydrogen-bond acceptors (Lipinski definition) is 2. The summed E-state index contributed by atoms with van der Waals surface area (Å²) in [6.07, 6.45) is 3.21. The second kappa shape index (κ2) is 12.2. The van der Waals surface area contributed by atoms with Crippen LogP contribution >= 0.6 is 0 Å². The number of amides is 3. The smallest absolute Gasteiger partial charge is 0.322 e. The molecule has 0 fully saturated rings. The number of carbonyl (C=O) groups excluding carboxylic acids is 2. The summed E-state index contributed by atoms with van der Waals surface area (Å²) in [5.74, 6) is -1.03. The maximum Gasteiger partial charge on any atom is 0.322 e. The first-order valence-electron chi connectivity index (χ1n) is 12.3. The number of halogens is 2. The predicted molar refractivity (Wildman–Crippen MR) is 141 cm³/mol. The van der Waals surface area contributed by atoms with Gasteiger partial charge < -0.3 is 20.1 Å². The third-order valence-electron chi connectivity index (χ3n) is 6.15. The summed E-state index contributed by atoms with van der Waals surface area (Å²) in [7, 11) is 0. The minimum Gasteiger partial charge on any atom is -0.361 e. The van der Waals surface area contributed by atoms with Gasteiger partial charge in [-0.2, -0.15) is 0 Å². The number of aromatic nitrogens is 1. The number of anilines is 1. The normalized spacial score (nSPS) is 10.9. The molecule has 4 rings (SSSR count). The highest BCUT2D eigenvalue weighted by Crippen LogP contribution is 2.19. The summed E-state index contributed by atoms with van der Waals surface area (Å²) in [5.41, 5.74) is 3.22. The van der Waals surface area contributed by atoms with Crippen LogP contribution in [0.4, 0.5) is 19.3 Å². The maximum absolute atomic E-state index is 13.6. The van der Waals surface area contributed by atoms with Gasteiger partial charge in [-0.15, -0.1) is 0 Å². The summed E-state index contributed by atoms with van der Waals surface area (Å²) in [6, 6.07) is 19.2. The van der Waals surface area contributed by atoms with Crippen LogP contribution in [0, 0.1) is 11.6 Å². The number of rotatable bonds is 10. The van der Waals surface area contributed by atoms with Crippen molar-refractivity contribution in [2.75, 3.05) is 25.0 Å². The Bertz CT molecular complexity index is 1350. The highest BCUT2D eigenvalue weighted by Gasteiger charge is 2.22. The molecule has 37 heavy (non-hydrogen) atoms. The molecule has 0 saturated carbocycles. The predicted octanol–water partition coefficient (Wildman–Crippen LogP) is 5.96. The van der Waals surface area contributed by atoms with Crippen LogP contribution in [0.5, 0.6) is 0 Å². The number of H-pyrrole nitrogens is 1. The van der Waals surface area contributed by atoms with Crippen molar-refractivity contribution in [3.63, 3.8) is 0 Å². The van der Waals surface area contributed by atoms with Crippen LogP contribution in [0.1, 0.15) is 24.5 Å². The second-order valence-corrected chi connectivity index (χ2v) is 8.91. The molecule has 192 valence electrons. The van der Waals surface area contributed by atoms with E-state index < -0.39 is 11.8 Å². The van der Waals surface area contributed by atoms with Crippen molar-refractivity contribution < 1.29 is 18.4 Å². The van der Waals surface area contributed by atoms with E-state index in [1.165, 1.54) is 35.2 Å². The first-order chi connectivity index (χ1) is 17.9. The largest absolute Gasteiger partial charge is 0.361 e. The van der Waals surface area contributed by atoms with Gasteiger partial charge in [-0.3, -0.25) is 4.79 Å². The molecular weight excluding hydrogens is 474 g/mol. The van der Waals surface area contributed by atoms with E-state index in [0.29, 0.717) is 31.6 Å². The standard InChI is InChI=1S/C29H30F2N4O2/c1-2-15-35(29(37)33-25-7-5-6-24(31)17-25)20-28(36)34(19-21-10-12-23(30)13-11-21)16-14-22-18-32-27-9-4-3-8-26(22)27/h3-13,17-18,32H,2,14-16,19-20H2,1H3,(H,33,37). The Kier molecular flexibility index (Phi) is 8.51. The number of benzene rings is 3. The lowest BCUT2D eigenvalue weighted by Crippen LogP contribution is -2.45. The number of para-hydroxylation sites is 1. The molecule has 0 radical (unpaired) electrons. The van der Waals surface area contributed by atoms with Crippen LogP contribution in [-0.2, 0) is 17.8 Å². The van der Waals surface area contributed by atoms with E-state index in [-0.39, 0.29) is 24.8 Å². The van der Waals surface area contributed by atoms with E-state index in [4.69, 9.17) is 0 Å². The molecule has 2 N–H and O–H groups in total. The van der Waals surface area contributed by atoms with E-state index in [0.717, 1.165) is 22.0 Å². The van der Waals surface area contributed by atoms with Gasteiger partial charge in [0.05, 0.1) is 0 Å². The Labute approximate surface area is 214 Å². The molecule has 0 saturated heterocycles. The number of aromatic amines is 1. The van der Waals surface area contributed by atoms with Crippen LogP contribution < -0.4 is 5.32 Å². The number of nitrogens with zero attached hydrogens (tertiary/aromatic N) is 2. The molecule has 1 heterocycles. The number of urea groups is 1. The minimum atomic E-state index is -0.473. The van der Waals surface area contributed by atoms with Crippen molar-refractivity contribution in [1.82, 2.24) is 14.8 Å². The van der Waals surface area contributed by atoms with Crippen molar-refractivity contribution in [3.05, 3.63) is 102 Å². The lowest BCUT2D eigenvalue weighted by molar-refractivity contribution is -0.132. The molecule has 8 heteroatoms. The Morgan fingerprint density at radius 3 is 2.43 bits per heavy atom. The molecular formula is C29H30F2N4O2. The number of fused-ring (bicyclic) bond motifs is 1. The van der Waals surface area contributed by atoms with Gasteiger partial charge >= 0.3 is 6.03 Å². The third-order valence-corrected chi connectivity index (χ3v) is 6.15. The highest BCUT2D eigenvalue weighted by atomic mass is 19.1. The first kappa shape index (κ1) is 25.9. The lowest BCUT2D eigenvalue weighted by atomic mass is 10.1. The van der Waals surface area contributed by atoms with E-state index >= 15 is 0 Å². The van der Waals surface area contributed by atoms with Gasteiger partial charge in [0.1, 0.15) is 18.2 Å². The van der Waals surface area contributed by atoms with Crippen LogP contribution in [0.15, 0.2) is 79.0 Å². The van der Waals surface area contributed by atoms with Gasteiger partial charge in [0, 0.05) is 42.4 Å². The fourth-order valence-corrected chi connectivity index (χ4v) is 4.25. The third kappa shape index (κ3) is 6.94. The Balaban J connectivity index is 1.49. The van der Waals surface area contributed by atoms with Gasteiger partial charge in [0.15, 0.2) is 0 Å². The van der Waals surface area contributed by atoms with Crippen molar-refractivity contribution in [1.29, 1.82) is 0 Å². The summed E-state index contributed by atoms with van der Waals surface area (Å²) in [5, 5.41) is 3.77. The zero-order valence-electron chi connectivity index (χ0n) is 20.7. The minimum absolute atomic E-state index is 0.135. The molecule has 3 amide bonds. The molecule has 0 atom stereocenters. The van der Waals surface area contributed by atoms with Gasteiger partial charge in [-0.05, 0) is 60.4 Å². The molecule has 0 bridgehead atoms. The second-order valence-electron chi connectivity index (χ2n) is 8.91. The first-order valence-corrected chi connectivity index (χ1v) is 12.3. The quantitative estimate of drug-likeness (QED) is 0.280. The molecule has 0 unspecified atom stereocenters. The maximum atomic E-state index is 13.6. The van der Waals surface area contributed by atoms with Crippen molar-refractivity contribution in [3.8, 4) is 0 Å². The number of hydrogen-bond donors (Lipinski definition) is 2. The Morgan fingerprint density at radius 2 is 1.68 bits per heavy atom. The fourth-order valence-electron chi connectivity index (χ4n) is 4.25. The lowest BCUT2D eigenvalue weighted by Gasteiger charge is -2.28. The Morgan fingerprint density at radius 1 is 0.892 bits per heavy atom. The Hall–Kier alpha value is -4.20. The molecule has 0 aliphatic heterocycles. The molecule has 0 aliphatic carbocycles. The van der Waals surface area contributed by atoms with E-state index in [1.807, 2.05) is 37.4 Å². The van der Waals surface area contributed by atoms with E-state index in [1.54, 1.807) is 23.1 Å². The van der Waals surface area contributed by atoms with Crippen LogP contribution in [0.2, 0.25) is 0 Å². The molecule has 0 aliphatic rings. The highest BCUT2D eigenvalue weighted by molar-refractivity contribution is 5.92. The number of nitrogens with one attached hydrogen (secondary N) is 2. The van der Waals surface area contributed by atoms with Gasteiger partial charge in [0.25, 0.3) is 0 Å². The number of carbonyl (C=O) groups is 2. The average Bonchev–Trinajstić information content (AvgIpc) is 3.30. The zero-order chi connectivity index (χ0) is 26.2. The van der Waals surface area contributed by atoms with Crippen LogP contribution in [0.25, 0.3) is 10.9 Å². The van der Waals surface area contributed by atoms with Gasteiger partial charge in [0.2, 0.25) is 5.91 Å². The average molecular weight is 505 g/mol. The van der Waals surface area contributed by atoms with Crippen LogP contribution in [0.3, 0.4) is 0 Å². The van der Waals surface area contributed by atoms with Crippen molar-refractivity contribution in [2.24, 2.45) is 0 Å². The molecule has 4 aromatic rings. The summed E-state index contributed by atoms with van der Waals surface area (Å²) >= 11 is 0. The topological polar surface area (TPSA) is 68.4 Å². The molecule has 6 nitrogen and oxygen atoms in total. The van der Waals surface area contributed by atoms with Crippen molar-refractivity contribution in [2.45, 2.75) is 26.3 Å². The van der Waals surface area contributed by atoms with Gasteiger partial charge in [-0.1, -0.05) is 43.3 Å². The van der Waals surface area contributed by atoms with Crippen LogP contribution in [-0.4, -0.2) is 46.4 Å². The molecule has 1 aromatic heterocycles.